The van der Waals surface area contributed by atoms with Crippen molar-refractivity contribution in [1.29, 1.82) is 0 Å². The fourth-order valence-corrected chi connectivity index (χ4v) is 4.30. The number of sulfonamides is 1. The summed E-state index contributed by atoms with van der Waals surface area (Å²) >= 11 is 0. The van der Waals surface area contributed by atoms with Crippen LogP contribution in [0.1, 0.15) is 38.5 Å². The number of amides is 1. The average Bonchev–Trinajstić information content (AvgIpc) is 2.45. The van der Waals surface area contributed by atoms with E-state index >= 15 is 0 Å². The van der Waals surface area contributed by atoms with Crippen LogP contribution in [-0.4, -0.2) is 67.2 Å². The summed E-state index contributed by atoms with van der Waals surface area (Å²) in [6.07, 6.45) is 5.60. The highest BCUT2D eigenvalue weighted by atomic mass is 32.2. The van der Waals surface area contributed by atoms with Gasteiger partial charge in [0.25, 0.3) is 0 Å². The maximum absolute atomic E-state index is 12.5. The van der Waals surface area contributed by atoms with Gasteiger partial charge in [-0.3, -0.25) is 4.79 Å². The SMILES string of the molecule is CN(C(=O)C1CCN(S(C)(=O)=O)CC1)C1CCCCC1O. The van der Waals surface area contributed by atoms with Crippen molar-refractivity contribution >= 4 is 15.9 Å². The Bertz CT molecular complexity index is 471. The minimum absolute atomic E-state index is 0.0501. The van der Waals surface area contributed by atoms with E-state index in [9.17, 15) is 18.3 Å². The summed E-state index contributed by atoms with van der Waals surface area (Å²) in [7, 11) is -1.39. The molecular formula is C14H26N2O4S. The number of carbonyl (C=O) groups is 1. The molecule has 122 valence electrons. The highest BCUT2D eigenvalue weighted by molar-refractivity contribution is 7.88. The van der Waals surface area contributed by atoms with Gasteiger partial charge in [-0.25, -0.2) is 12.7 Å². The van der Waals surface area contributed by atoms with Crippen molar-refractivity contribution in [2.24, 2.45) is 5.92 Å². The number of rotatable bonds is 3. The van der Waals surface area contributed by atoms with Crippen molar-refractivity contribution in [2.45, 2.75) is 50.7 Å². The minimum Gasteiger partial charge on any atom is -0.391 e. The van der Waals surface area contributed by atoms with Gasteiger partial charge in [-0.2, -0.15) is 0 Å². The van der Waals surface area contributed by atoms with Gasteiger partial charge in [0.15, 0.2) is 0 Å². The predicted molar refractivity (Wildman–Crippen MR) is 80.2 cm³/mol. The first-order chi connectivity index (χ1) is 9.80. The molecule has 6 nitrogen and oxygen atoms in total. The van der Waals surface area contributed by atoms with Gasteiger partial charge in [0.1, 0.15) is 0 Å². The molecule has 0 radical (unpaired) electrons. The monoisotopic (exact) mass is 318 g/mol. The first kappa shape index (κ1) is 16.7. The Labute approximate surface area is 127 Å². The molecule has 2 fully saturated rings. The van der Waals surface area contributed by atoms with Crippen molar-refractivity contribution in [1.82, 2.24) is 9.21 Å². The summed E-state index contributed by atoms with van der Waals surface area (Å²) in [5.74, 6) is -0.0729. The number of nitrogens with zero attached hydrogens (tertiary/aromatic N) is 2. The van der Waals surface area contributed by atoms with E-state index in [4.69, 9.17) is 0 Å². The molecule has 0 spiro atoms. The number of piperidine rings is 1. The third kappa shape index (κ3) is 3.96. The molecule has 1 aliphatic heterocycles. The Hall–Kier alpha value is -0.660. The Morgan fingerprint density at radius 1 is 1.14 bits per heavy atom. The number of hydrogen-bond donors (Lipinski definition) is 1. The average molecular weight is 318 g/mol. The van der Waals surface area contributed by atoms with E-state index in [1.807, 2.05) is 0 Å². The fraction of sp³-hybridized carbons (Fsp3) is 0.929. The number of aliphatic hydroxyl groups excluding tert-OH is 1. The molecule has 1 aliphatic carbocycles. The van der Waals surface area contributed by atoms with Gasteiger partial charge in [-0.05, 0) is 25.7 Å². The first-order valence-corrected chi connectivity index (χ1v) is 9.55. The quantitative estimate of drug-likeness (QED) is 0.818. The maximum atomic E-state index is 12.5. The molecule has 0 aromatic carbocycles. The van der Waals surface area contributed by atoms with Crippen LogP contribution in [0.15, 0.2) is 0 Å². The molecule has 1 saturated heterocycles. The van der Waals surface area contributed by atoms with Crippen molar-refractivity contribution in [3.05, 3.63) is 0 Å². The van der Waals surface area contributed by atoms with Crippen molar-refractivity contribution in [3.8, 4) is 0 Å². The lowest BCUT2D eigenvalue weighted by molar-refractivity contribution is -0.141. The lowest BCUT2D eigenvalue weighted by atomic mass is 9.89. The molecular weight excluding hydrogens is 292 g/mol. The molecule has 21 heavy (non-hydrogen) atoms. The second kappa shape index (κ2) is 6.62. The van der Waals surface area contributed by atoms with Gasteiger partial charge in [0, 0.05) is 26.1 Å². The second-order valence-corrected chi connectivity index (χ2v) is 8.29. The minimum atomic E-state index is -3.16. The molecule has 1 saturated carbocycles. The van der Waals surface area contributed by atoms with E-state index in [2.05, 4.69) is 0 Å². The zero-order chi connectivity index (χ0) is 15.6. The molecule has 0 aromatic rings. The topological polar surface area (TPSA) is 77.9 Å². The molecule has 7 heteroatoms. The van der Waals surface area contributed by atoms with Crippen LogP contribution in [0.3, 0.4) is 0 Å². The summed E-state index contributed by atoms with van der Waals surface area (Å²) in [5, 5.41) is 10.1. The molecule has 1 N–H and O–H groups in total. The summed E-state index contributed by atoms with van der Waals surface area (Å²) in [4.78, 5) is 14.2. The van der Waals surface area contributed by atoms with Crippen LogP contribution in [0.4, 0.5) is 0 Å². The molecule has 0 bridgehead atoms. The molecule has 2 atom stereocenters. The third-order valence-corrected chi connectivity index (χ3v) is 6.11. The van der Waals surface area contributed by atoms with E-state index in [1.165, 1.54) is 10.6 Å². The number of aliphatic hydroxyl groups is 1. The van der Waals surface area contributed by atoms with Crippen LogP contribution >= 0.6 is 0 Å². The van der Waals surface area contributed by atoms with E-state index < -0.39 is 16.1 Å². The summed E-state index contributed by atoms with van der Waals surface area (Å²) < 4.78 is 24.4. The number of carbonyl (C=O) groups excluding carboxylic acids is 1. The van der Waals surface area contributed by atoms with Gasteiger partial charge >= 0.3 is 0 Å². The van der Waals surface area contributed by atoms with Crippen molar-refractivity contribution < 1.29 is 18.3 Å². The largest absolute Gasteiger partial charge is 0.391 e. The zero-order valence-corrected chi connectivity index (χ0v) is 13.7. The van der Waals surface area contributed by atoms with Crippen molar-refractivity contribution in [2.75, 3.05) is 26.4 Å². The first-order valence-electron chi connectivity index (χ1n) is 7.70. The Morgan fingerprint density at radius 3 is 2.24 bits per heavy atom. The third-order valence-electron chi connectivity index (χ3n) is 4.81. The fourth-order valence-electron chi connectivity index (χ4n) is 3.43. The predicted octanol–water partition coefficient (Wildman–Crippen LogP) is 0.420. The summed E-state index contributed by atoms with van der Waals surface area (Å²) in [6, 6.07) is -0.0841. The van der Waals surface area contributed by atoms with E-state index in [0.29, 0.717) is 25.9 Å². The molecule has 0 aromatic heterocycles. The van der Waals surface area contributed by atoms with Crippen LogP contribution in [0, 0.1) is 5.92 Å². The maximum Gasteiger partial charge on any atom is 0.225 e. The second-order valence-electron chi connectivity index (χ2n) is 6.30. The van der Waals surface area contributed by atoms with Gasteiger partial charge in [0.2, 0.25) is 15.9 Å². The summed E-state index contributed by atoms with van der Waals surface area (Å²) in [6.45, 7) is 0.826. The Balaban J connectivity index is 1.92. The van der Waals surface area contributed by atoms with E-state index in [1.54, 1.807) is 11.9 Å². The molecule has 2 unspecified atom stereocenters. The smallest absolute Gasteiger partial charge is 0.225 e. The number of hydrogen-bond acceptors (Lipinski definition) is 4. The summed E-state index contributed by atoms with van der Waals surface area (Å²) in [5.41, 5.74) is 0. The van der Waals surface area contributed by atoms with Crippen LogP contribution in [0.2, 0.25) is 0 Å². The van der Waals surface area contributed by atoms with Crippen LogP contribution in [0.25, 0.3) is 0 Å². The molecule has 2 rings (SSSR count). The number of likely N-dealkylation sites (N-methyl/N-ethyl adjacent to an activating group) is 1. The highest BCUT2D eigenvalue weighted by Gasteiger charge is 2.35. The molecule has 1 amide bonds. The van der Waals surface area contributed by atoms with Gasteiger partial charge in [-0.1, -0.05) is 12.8 Å². The molecule has 2 aliphatic rings. The Morgan fingerprint density at radius 2 is 1.71 bits per heavy atom. The van der Waals surface area contributed by atoms with Crippen LogP contribution in [-0.2, 0) is 14.8 Å². The van der Waals surface area contributed by atoms with Gasteiger partial charge < -0.3 is 10.0 Å². The van der Waals surface area contributed by atoms with Gasteiger partial charge in [-0.15, -0.1) is 0 Å². The normalized spacial score (nSPS) is 29.3. The standard InChI is InChI=1S/C14H26N2O4S/c1-15(12-5-3-4-6-13(12)17)14(18)11-7-9-16(10-8-11)21(2,19)20/h11-13,17H,3-10H2,1-2H3. The molecule has 1 heterocycles. The lowest BCUT2D eigenvalue weighted by Crippen LogP contribution is -2.50. The van der Waals surface area contributed by atoms with Crippen molar-refractivity contribution in [3.63, 3.8) is 0 Å². The highest BCUT2D eigenvalue weighted by Crippen LogP contribution is 2.26. The van der Waals surface area contributed by atoms with Gasteiger partial charge in [0.05, 0.1) is 18.4 Å². The van der Waals surface area contributed by atoms with Crippen LogP contribution in [0.5, 0.6) is 0 Å². The van der Waals surface area contributed by atoms with E-state index in [0.717, 1.165) is 25.7 Å². The lowest BCUT2D eigenvalue weighted by Gasteiger charge is -2.38. The Kier molecular flexibility index (Phi) is 5.27. The van der Waals surface area contributed by atoms with E-state index in [-0.39, 0.29) is 17.9 Å². The zero-order valence-electron chi connectivity index (χ0n) is 12.9. The van der Waals surface area contributed by atoms with Crippen LogP contribution < -0.4 is 0 Å².